The molecule has 2 aliphatic rings. The summed E-state index contributed by atoms with van der Waals surface area (Å²) >= 11 is 0. The van der Waals surface area contributed by atoms with Gasteiger partial charge in [0.25, 0.3) is 0 Å². The van der Waals surface area contributed by atoms with Crippen LogP contribution in [0.2, 0.25) is 0 Å². The molecule has 3 heteroatoms. The molecule has 0 amide bonds. The topological polar surface area (TPSA) is 3.24 Å². The molecule has 1 fully saturated rings. The first kappa shape index (κ1) is 6.13. The van der Waals surface area contributed by atoms with Gasteiger partial charge in [-0.15, -0.1) is 0 Å². The summed E-state index contributed by atoms with van der Waals surface area (Å²) in [5.74, 6) is 0. The quantitative estimate of drug-likeness (QED) is 0.496. The summed E-state index contributed by atoms with van der Waals surface area (Å²) in [6.07, 6.45) is 0.321. The van der Waals surface area contributed by atoms with E-state index in [0.717, 1.165) is 5.70 Å². The molecule has 0 N–H and O–H groups in total. The molecule has 0 aromatic rings. The lowest BCUT2D eigenvalue weighted by Crippen LogP contribution is -2.21. The molecule has 10 heavy (non-hydrogen) atoms. The van der Waals surface area contributed by atoms with Gasteiger partial charge in [0.15, 0.2) is 0 Å². The molecule has 56 valence electrons. The first-order valence-electron chi connectivity index (χ1n) is 3.49. The molecule has 0 radical (unpaired) electrons. The van der Waals surface area contributed by atoms with Crippen LogP contribution in [0, 0.1) is 0 Å². The van der Waals surface area contributed by atoms with Crippen molar-refractivity contribution in [1.82, 2.24) is 4.90 Å². The van der Waals surface area contributed by atoms with Crippen LogP contribution in [-0.2, 0) is 0 Å². The van der Waals surface area contributed by atoms with E-state index in [1.54, 1.807) is 4.90 Å². The van der Waals surface area contributed by atoms with Gasteiger partial charge >= 0.3 is 0 Å². The van der Waals surface area contributed by atoms with Gasteiger partial charge in [-0.05, 0) is 6.08 Å². The number of allylic oxidation sites excluding steroid dienone is 1. The third-order valence-electron chi connectivity index (χ3n) is 2.02. The van der Waals surface area contributed by atoms with E-state index in [4.69, 9.17) is 0 Å². The molecule has 0 spiro atoms. The number of hydrogen-bond acceptors (Lipinski definition) is 1. The lowest BCUT2D eigenvalue weighted by molar-refractivity contribution is 0.272. The Morgan fingerprint density at radius 3 is 2.90 bits per heavy atom. The van der Waals surface area contributed by atoms with E-state index < -0.39 is 12.3 Å². The maximum atomic E-state index is 12.6. The zero-order valence-corrected chi connectivity index (χ0v) is 5.56. The molecule has 0 aromatic heterocycles. The standard InChI is InChI=1S/C7H9F2N/c8-5-1-7-2-6(9)4-10(7)3-5/h1,5-6H,2-4H2/t5?,6-/m1/s1. The summed E-state index contributed by atoms with van der Waals surface area (Å²) in [6, 6.07) is 0. The van der Waals surface area contributed by atoms with E-state index in [-0.39, 0.29) is 0 Å². The summed E-state index contributed by atoms with van der Waals surface area (Å²) in [4.78, 5) is 1.79. The first-order chi connectivity index (χ1) is 4.75. The fraction of sp³-hybridized carbons (Fsp3) is 0.714. The molecule has 2 heterocycles. The van der Waals surface area contributed by atoms with Crippen molar-refractivity contribution in [3.8, 4) is 0 Å². The molecular weight excluding hydrogens is 136 g/mol. The van der Waals surface area contributed by atoms with E-state index in [0.29, 0.717) is 19.5 Å². The van der Waals surface area contributed by atoms with E-state index in [2.05, 4.69) is 0 Å². The molecule has 0 aromatic carbocycles. The van der Waals surface area contributed by atoms with Gasteiger partial charge < -0.3 is 4.90 Å². The molecule has 0 bridgehead atoms. The van der Waals surface area contributed by atoms with E-state index in [1.807, 2.05) is 0 Å². The Morgan fingerprint density at radius 2 is 2.20 bits per heavy atom. The van der Waals surface area contributed by atoms with E-state index in [9.17, 15) is 8.78 Å². The summed E-state index contributed by atoms with van der Waals surface area (Å²) in [5.41, 5.74) is 0.861. The molecule has 1 saturated heterocycles. The SMILES string of the molecule is FC1C=C2C[C@@H](F)CN2C1. The highest BCUT2D eigenvalue weighted by molar-refractivity contribution is 5.17. The number of nitrogens with zero attached hydrogens (tertiary/aromatic N) is 1. The number of alkyl halides is 2. The fourth-order valence-corrected chi connectivity index (χ4v) is 1.61. The largest absolute Gasteiger partial charge is 0.369 e. The molecule has 2 rings (SSSR count). The monoisotopic (exact) mass is 145 g/mol. The van der Waals surface area contributed by atoms with Crippen LogP contribution >= 0.6 is 0 Å². The predicted molar refractivity (Wildman–Crippen MR) is 34.1 cm³/mol. The Labute approximate surface area is 58.3 Å². The number of halogens is 2. The highest BCUT2D eigenvalue weighted by Gasteiger charge is 2.32. The maximum Gasteiger partial charge on any atom is 0.138 e. The second-order valence-corrected chi connectivity index (χ2v) is 2.88. The third-order valence-corrected chi connectivity index (χ3v) is 2.02. The highest BCUT2D eigenvalue weighted by Crippen LogP contribution is 2.29. The summed E-state index contributed by atoms with van der Waals surface area (Å²) < 4.78 is 25.1. The van der Waals surface area contributed by atoms with Crippen LogP contribution in [0.5, 0.6) is 0 Å². The van der Waals surface area contributed by atoms with Gasteiger partial charge in [-0.25, -0.2) is 8.78 Å². The summed E-state index contributed by atoms with van der Waals surface area (Å²) in [5, 5.41) is 0. The zero-order valence-electron chi connectivity index (χ0n) is 5.56. The lowest BCUT2D eigenvalue weighted by Gasteiger charge is -2.11. The van der Waals surface area contributed by atoms with Crippen LogP contribution in [0.15, 0.2) is 11.8 Å². The fourth-order valence-electron chi connectivity index (χ4n) is 1.61. The average Bonchev–Trinajstić information content (AvgIpc) is 2.21. The molecule has 0 saturated carbocycles. The smallest absolute Gasteiger partial charge is 0.138 e. The van der Waals surface area contributed by atoms with Crippen LogP contribution in [-0.4, -0.2) is 30.3 Å². The molecule has 2 aliphatic heterocycles. The molecule has 1 unspecified atom stereocenters. The van der Waals surface area contributed by atoms with Gasteiger partial charge in [-0.3, -0.25) is 0 Å². The van der Waals surface area contributed by atoms with Crippen LogP contribution in [0.25, 0.3) is 0 Å². The molecule has 2 atom stereocenters. The normalized spacial score (nSPS) is 38.2. The maximum absolute atomic E-state index is 12.6. The second kappa shape index (κ2) is 1.94. The van der Waals surface area contributed by atoms with Gasteiger partial charge in [0.05, 0.1) is 6.54 Å². The predicted octanol–water partition coefficient (Wildman–Crippen LogP) is 1.27. The zero-order chi connectivity index (χ0) is 7.14. The van der Waals surface area contributed by atoms with Crippen molar-refractivity contribution in [3.63, 3.8) is 0 Å². The van der Waals surface area contributed by atoms with Gasteiger partial charge in [-0.1, -0.05) is 0 Å². The molecule has 0 aliphatic carbocycles. The van der Waals surface area contributed by atoms with Crippen molar-refractivity contribution < 1.29 is 8.78 Å². The highest BCUT2D eigenvalue weighted by atomic mass is 19.1. The summed E-state index contributed by atoms with van der Waals surface area (Å²) in [7, 11) is 0. The van der Waals surface area contributed by atoms with Crippen molar-refractivity contribution >= 4 is 0 Å². The van der Waals surface area contributed by atoms with Crippen molar-refractivity contribution in [2.75, 3.05) is 13.1 Å². The van der Waals surface area contributed by atoms with E-state index in [1.165, 1.54) is 6.08 Å². The Kier molecular flexibility index (Phi) is 1.19. The Bertz CT molecular complexity index is 178. The Hall–Kier alpha value is -0.600. The molecule has 1 nitrogen and oxygen atoms in total. The van der Waals surface area contributed by atoms with Gasteiger partial charge in [-0.2, -0.15) is 0 Å². The van der Waals surface area contributed by atoms with Gasteiger partial charge in [0.2, 0.25) is 0 Å². The first-order valence-corrected chi connectivity index (χ1v) is 3.49. The van der Waals surface area contributed by atoms with Crippen LogP contribution < -0.4 is 0 Å². The summed E-state index contributed by atoms with van der Waals surface area (Å²) in [6.45, 7) is 0.766. The van der Waals surface area contributed by atoms with Crippen molar-refractivity contribution in [1.29, 1.82) is 0 Å². The Morgan fingerprint density at radius 1 is 1.40 bits per heavy atom. The second-order valence-electron chi connectivity index (χ2n) is 2.88. The van der Waals surface area contributed by atoms with Crippen LogP contribution in [0.3, 0.4) is 0 Å². The minimum absolute atomic E-state index is 0.371. The van der Waals surface area contributed by atoms with Crippen molar-refractivity contribution in [2.45, 2.75) is 18.8 Å². The van der Waals surface area contributed by atoms with Crippen LogP contribution in [0.4, 0.5) is 8.78 Å². The van der Waals surface area contributed by atoms with E-state index >= 15 is 0 Å². The number of fused-ring (bicyclic) bond motifs is 1. The minimum atomic E-state index is -0.859. The number of hydrogen-bond donors (Lipinski definition) is 0. The molecular formula is C7H9F2N. The Balaban J connectivity index is 2.14. The van der Waals surface area contributed by atoms with Crippen molar-refractivity contribution in [3.05, 3.63) is 11.8 Å². The van der Waals surface area contributed by atoms with Gasteiger partial charge in [0, 0.05) is 18.7 Å². The number of rotatable bonds is 0. The lowest BCUT2D eigenvalue weighted by atomic mass is 10.2. The van der Waals surface area contributed by atoms with Crippen molar-refractivity contribution in [2.24, 2.45) is 0 Å². The van der Waals surface area contributed by atoms with Crippen LogP contribution in [0.1, 0.15) is 6.42 Å². The minimum Gasteiger partial charge on any atom is -0.369 e. The average molecular weight is 145 g/mol. The van der Waals surface area contributed by atoms with Gasteiger partial charge in [0.1, 0.15) is 12.3 Å². The third kappa shape index (κ3) is 0.805.